The van der Waals surface area contributed by atoms with E-state index in [1.807, 2.05) is 0 Å². The van der Waals surface area contributed by atoms with Crippen LogP contribution in [0.3, 0.4) is 0 Å². The van der Waals surface area contributed by atoms with E-state index in [1.165, 1.54) is 0 Å². The second-order valence-electron chi connectivity index (χ2n) is 3.60. The molecule has 86 valence electrons. The van der Waals surface area contributed by atoms with Crippen LogP contribution in [0.5, 0.6) is 0 Å². The summed E-state index contributed by atoms with van der Waals surface area (Å²) >= 11 is 0. The Morgan fingerprint density at radius 3 is 2.80 bits per heavy atom. The minimum Gasteiger partial charge on any atom is -0.394 e. The summed E-state index contributed by atoms with van der Waals surface area (Å²) in [6, 6.07) is 0. The van der Waals surface area contributed by atoms with E-state index in [4.69, 9.17) is 14.6 Å². The number of amides is 1. The highest BCUT2D eigenvalue weighted by molar-refractivity contribution is 5.78. The van der Waals surface area contributed by atoms with Crippen LogP contribution in [0.1, 0.15) is 0 Å². The topological polar surface area (TPSA) is 108 Å². The van der Waals surface area contributed by atoms with Crippen LogP contribution >= 0.6 is 0 Å². The van der Waals surface area contributed by atoms with Crippen molar-refractivity contribution in [3.05, 3.63) is 0 Å². The number of aliphatic hydroxyl groups excluding tert-OH is 3. The van der Waals surface area contributed by atoms with Crippen LogP contribution in [0.15, 0.2) is 0 Å². The summed E-state index contributed by atoms with van der Waals surface area (Å²) in [5.41, 5.74) is 0. The van der Waals surface area contributed by atoms with Crippen LogP contribution in [0.2, 0.25) is 0 Å². The number of carbonyl (C=O) groups excluding carboxylic acids is 1. The standard InChI is InChI=1S/C8H13NO6/c10-1-3-5(12)6(13)7-8(15-3)9-4(11)2-14-7/h3,5-8,10,12-13H,1-2H2,(H,9,11)/t3-,5-,6+,7-,8-/m1/s1. The molecule has 2 fully saturated rings. The lowest BCUT2D eigenvalue weighted by Crippen LogP contribution is -2.67. The number of hydrogen-bond donors (Lipinski definition) is 4. The minimum atomic E-state index is -1.22. The van der Waals surface area contributed by atoms with Crippen LogP contribution in [-0.4, -0.2) is 65.1 Å². The van der Waals surface area contributed by atoms with Crippen molar-refractivity contribution in [2.45, 2.75) is 30.6 Å². The van der Waals surface area contributed by atoms with Gasteiger partial charge in [-0.1, -0.05) is 0 Å². The molecule has 0 aliphatic carbocycles. The van der Waals surface area contributed by atoms with Crippen molar-refractivity contribution in [2.24, 2.45) is 0 Å². The highest BCUT2D eigenvalue weighted by Gasteiger charge is 2.47. The number of rotatable bonds is 1. The summed E-state index contributed by atoms with van der Waals surface area (Å²) in [5.74, 6) is -0.350. The molecule has 0 aromatic rings. The van der Waals surface area contributed by atoms with Gasteiger partial charge in [0, 0.05) is 0 Å². The lowest BCUT2D eigenvalue weighted by atomic mass is 9.97. The maximum absolute atomic E-state index is 11.0. The fourth-order valence-corrected chi connectivity index (χ4v) is 1.77. The van der Waals surface area contributed by atoms with Crippen molar-refractivity contribution in [2.75, 3.05) is 13.2 Å². The Bertz CT molecular complexity index is 260. The predicted molar refractivity (Wildman–Crippen MR) is 45.6 cm³/mol. The zero-order chi connectivity index (χ0) is 11.0. The predicted octanol–water partition coefficient (Wildman–Crippen LogP) is -3.06. The smallest absolute Gasteiger partial charge is 0.248 e. The van der Waals surface area contributed by atoms with Crippen LogP contribution in [0, 0.1) is 0 Å². The number of morpholine rings is 1. The van der Waals surface area contributed by atoms with E-state index >= 15 is 0 Å². The first kappa shape index (κ1) is 10.8. The second-order valence-corrected chi connectivity index (χ2v) is 3.60. The lowest BCUT2D eigenvalue weighted by molar-refractivity contribution is -0.257. The summed E-state index contributed by atoms with van der Waals surface area (Å²) in [6.07, 6.45) is -4.92. The molecule has 7 nitrogen and oxygen atoms in total. The van der Waals surface area contributed by atoms with Gasteiger partial charge in [-0.2, -0.15) is 0 Å². The molecule has 7 heteroatoms. The zero-order valence-electron chi connectivity index (χ0n) is 7.87. The van der Waals surface area contributed by atoms with Crippen molar-refractivity contribution >= 4 is 5.91 Å². The van der Waals surface area contributed by atoms with Crippen LogP contribution in [0.4, 0.5) is 0 Å². The largest absolute Gasteiger partial charge is 0.394 e. The van der Waals surface area contributed by atoms with Gasteiger partial charge < -0.3 is 30.1 Å². The van der Waals surface area contributed by atoms with Crippen molar-refractivity contribution in [3.63, 3.8) is 0 Å². The summed E-state index contributed by atoms with van der Waals surface area (Å²) in [7, 11) is 0. The molecule has 2 saturated heterocycles. The summed E-state index contributed by atoms with van der Waals surface area (Å²) in [6.45, 7) is -0.602. The first-order valence-corrected chi connectivity index (χ1v) is 4.67. The Hall–Kier alpha value is -0.730. The van der Waals surface area contributed by atoms with Gasteiger partial charge in [-0.25, -0.2) is 0 Å². The van der Waals surface area contributed by atoms with Crippen molar-refractivity contribution < 1.29 is 29.6 Å². The number of nitrogens with one attached hydrogen (secondary N) is 1. The Labute approximate surface area is 85.6 Å². The molecule has 0 aromatic carbocycles. The van der Waals surface area contributed by atoms with E-state index in [0.29, 0.717) is 0 Å². The molecule has 2 heterocycles. The van der Waals surface area contributed by atoms with Gasteiger partial charge in [0.15, 0.2) is 6.23 Å². The Kier molecular flexibility index (Phi) is 2.89. The molecular formula is C8H13NO6. The number of carbonyl (C=O) groups is 1. The van der Waals surface area contributed by atoms with Gasteiger partial charge in [0.2, 0.25) is 5.91 Å². The van der Waals surface area contributed by atoms with Gasteiger partial charge in [-0.15, -0.1) is 0 Å². The van der Waals surface area contributed by atoms with Gasteiger partial charge in [0.25, 0.3) is 0 Å². The Morgan fingerprint density at radius 1 is 1.40 bits per heavy atom. The Balaban J connectivity index is 2.10. The van der Waals surface area contributed by atoms with E-state index in [0.717, 1.165) is 0 Å². The normalized spacial score (nSPS) is 45.8. The summed E-state index contributed by atoms with van der Waals surface area (Å²) in [4.78, 5) is 11.0. The quantitative estimate of drug-likeness (QED) is 0.373. The van der Waals surface area contributed by atoms with Gasteiger partial charge in [-0.05, 0) is 0 Å². The fourth-order valence-electron chi connectivity index (χ4n) is 1.77. The number of ether oxygens (including phenoxy) is 2. The second kappa shape index (κ2) is 4.03. The molecule has 0 radical (unpaired) electrons. The van der Waals surface area contributed by atoms with Crippen LogP contribution < -0.4 is 5.32 Å². The van der Waals surface area contributed by atoms with E-state index in [-0.39, 0.29) is 12.5 Å². The SMILES string of the molecule is O=C1CO[C@@H]2[C@@H](O)[C@H](O)[C@@H](CO)O[C@H]2N1. The first-order chi connectivity index (χ1) is 7.13. The molecule has 5 atom stereocenters. The molecule has 0 bridgehead atoms. The molecule has 4 N–H and O–H groups in total. The monoisotopic (exact) mass is 219 g/mol. The Morgan fingerprint density at radius 2 is 2.13 bits per heavy atom. The molecular weight excluding hydrogens is 206 g/mol. The molecule has 2 rings (SSSR count). The molecule has 0 unspecified atom stereocenters. The maximum Gasteiger partial charge on any atom is 0.248 e. The summed E-state index contributed by atoms with van der Waals surface area (Å²) in [5, 5.41) is 30.5. The highest BCUT2D eigenvalue weighted by Crippen LogP contribution is 2.23. The van der Waals surface area contributed by atoms with Crippen LogP contribution in [0.25, 0.3) is 0 Å². The molecule has 0 spiro atoms. The molecule has 15 heavy (non-hydrogen) atoms. The first-order valence-electron chi connectivity index (χ1n) is 4.67. The molecule has 2 aliphatic rings. The third-order valence-electron chi connectivity index (χ3n) is 2.58. The third-order valence-corrected chi connectivity index (χ3v) is 2.58. The average Bonchev–Trinajstić information content (AvgIpc) is 2.23. The average molecular weight is 219 g/mol. The molecule has 0 aromatic heterocycles. The molecule has 2 aliphatic heterocycles. The number of fused-ring (bicyclic) bond motifs is 1. The van der Waals surface area contributed by atoms with Crippen LogP contribution in [-0.2, 0) is 14.3 Å². The van der Waals surface area contributed by atoms with Gasteiger partial charge in [-0.3, -0.25) is 4.79 Å². The third kappa shape index (κ3) is 1.84. The van der Waals surface area contributed by atoms with Crippen molar-refractivity contribution in [3.8, 4) is 0 Å². The zero-order valence-corrected chi connectivity index (χ0v) is 7.87. The number of hydrogen-bond acceptors (Lipinski definition) is 6. The maximum atomic E-state index is 11.0. The minimum absolute atomic E-state index is 0.169. The van der Waals surface area contributed by atoms with Gasteiger partial charge >= 0.3 is 0 Å². The number of aliphatic hydroxyl groups is 3. The molecule has 0 saturated carbocycles. The fraction of sp³-hybridized carbons (Fsp3) is 0.875. The lowest BCUT2D eigenvalue weighted by Gasteiger charge is -2.44. The van der Waals surface area contributed by atoms with Crippen molar-refractivity contribution in [1.29, 1.82) is 0 Å². The van der Waals surface area contributed by atoms with E-state index in [2.05, 4.69) is 5.32 Å². The highest BCUT2D eigenvalue weighted by atomic mass is 16.6. The van der Waals surface area contributed by atoms with Gasteiger partial charge in [0.05, 0.1) is 6.61 Å². The van der Waals surface area contributed by atoms with E-state index in [9.17, 15) is 15.0 Å². The molecule has 1 amide bonds. The van der Waals surface area contributed by atoms with E-state index < -0.39 is 37.3 Å². The van der Waals surface area contributed by atoms with Crippen molar-refractivity contribution in [1.82, 2.24) is 5.32 Å². The van der Waals surface area contributed by atoms with Gasteiger partial charge in [0.1, 0.15) is 31.0 Å². The van der Waals surface area contributed by atoms with E-state index in [1.54, 1.807) is 0 Å². The summed E-state index contributed by atoms with van der Waals surface area (Å²) < 4.78 is 10.2.